The van der Waals surface area contributed by atoms with Gasteiger partial charge in [-0.15, -0.1) is 0 Å². The first-order valence-corrected chi connectivity index (χ1v) is 9.03. The summed E-state index contributed by atoms with van der Waals surface area (Å²) in [5.74, 6) is 0.478. The zero-order chi connectivity index (χ0) is 19.9. The Morgan fingerprint density at radius 3 is 2.64 bits per heavy atom. The third-order valence-corrected chi connectivity index (χ3v) is 4.54. The Hall–Kier alpha value is -3.03. The summed E-state index contributed by atoms with van der Waals surface area (Å²) < 4.78 is 11.0. The quantitative estimate of drug-likeness (QED) is 0.575. The number of ether oxygens (including phenoxy) is 2. The highest BCUT2D eigenvalue weighted by molar-refractivity contribution is 5.65. The molecule has 0 spiro atoms. The highest BCUT2D eigenvalue weighted by Crippen LogP contribution is 2.28. The van der Waals surface area contributed by atoms with E-state index in [0.29, 0.717) is 5.76 Å². The van der Waals surface area contributed by atoms with Gasteiger partial charge >= 0.3 is 6.09 Å². The Balaban J connectivity index is 1.72. The highest BCUT2D eigenvalue weighted by Gasteiger charge is 2.34. The second kappa shape index (κ2) is 9.25. The van der Waals surface area contributed by atoms with E-state index in [1.54, 1.807) is 0 Å². The summed E-state index contributed by atoms with van der Waals surface area (Å²) in [5.41, 5.74) is 1.72. The molecule has 1 aliphatic heterocycles. The fourth-order valence-corrected chi connectivity index (χ4v) is 3.10. The van der Waals surface area contributed by atoms with Crippen LogP contribution < -0.4 is 5.32 Å². The van der Waals surface area contributed by atoms with Gasteiger partial charge in [-0.1, -0.05) is 48.6 Å². The van der Waals surface area contributed by atoms with Crippen LogP contribution in [0.1, 0.15) is 18.4 Å². The largest absolute Gasteiger partial charge is 0.465 e. The summed E-state index contributed by atoms with van der Waals surface area (Å²) in [4.78, 5) is 11.2. The lowest BCUT2D eigenvalue weighted by atomic mass is 9.97. The maximum atomic E-state index is 11.2. The van der Waals surface area contributed by atoms with E-state index in [0.717, 1.165) is 24.0 Å². The van der Waals surface area contributed by atoms with Crippen LogP contribution in [0, 0.1) is 0 Å². The number of rotatable bonds is 7. The Labute approximate surface area is 162 Å². The highest BCUT2D eigenvalue weighted by atomic mass is 16.6. The summed E-state index contributed by atoms with van der Waals surface area (Å²) in [6.45, 7) is 0. The van der Waals surface area contributed by atoms with Crippen LogP contribution in [0.5, 0.6) is 0 Å². The molecule has 0 saturated carbocycles. The average molecular weight is 385 g/mol. The van der Waals surface area contributed by atoms with Crippen LogP contribution in [0.2, 0.25) is 0 Å². The molecule has 0 fully saturated rings. The van der Waals surface area contributed by atoms with Crippen molar-refractivity contribution in [1.29, 1.82) is 0 Å². The first-order valence-electron chi connectivity index (χ1n) is 9.03. The first kappa shape index (κ1) is 19.7. The Morgan fingerprint density at radius 2 is 1.96 bits per heavy atom. The number of allylic oxidation sites excluding steroid dienone is 4. The Morgan fingerprint density at radius 1 is 1.18 bits per heavy atom. The SMILES string of the molecule is O=C(O)N[C@H](C(O)Cc1ccccc1)[C@@H](O)C1=COC=C(C2=CC=CCC2)O1. The summed E-state index contributed by atoms with van der Waals surface area (Å²) in [6.07, 6.45) is 6.31. The van der Waals surface area contributed by atoms with E-state index in [2.05, 4.69) is 5.32 Å². The van der Waals surface area contributed by atoms with Crippen LogP contribution >= 0.6 is 0 Å². The van der Waals surface area contributed by atoms with Crippen molar-refractivity contribution in [1.82, 2.24) is 5.32 Å². The van der Waals surface area contributed by atoms with Crippen molar-refractivity contribution in [2.75, 3.05) is 0 Å². The van der Waals surface area contributed by atoms with Gasteiger partial charge in [0.05, 0.1) is 12.1 Å². The molecule has 7 nitrogen and oxygen atoms in total. The van der Waals surface area contributed by atoms with Crippen LogP contribution in [0.15, 0.2) is 78.2 Å². The van der Waals surface area contributed by atoms with Gasteiger partial charge in [-0.3, -0.25) is 0 Å². The number of aliphatic hydroxyl groups excluding tert-OH is 2. The number of nitrogens with one attached hydrogen (secondary N) is 1. The van der Waals surface area contributed by atoms with Crippen molar-refractivity contribution < 1.29 is 29.6 Å². The van der Waals surface area contributed by atoms with Gasteiger partial charge in [-0.25, -0.2) is 4.79 Å². The third-order valence-electron chi connectivity index (χ3n) is 4.54. The van der Waals surface area contributed by atoms with E-state index in [-0.39, 0.29) is 12.2 Å². The molecule has 1 aliphatic carbocycles. The van der Waals surface area contributed by atoms with Crippen LogP contribution in [-0.4, -0.2) is 39.7 Å². The molecule has 7 heteroatoms. The van der Waals surface area contributed by atoms with Gasteiger partial charge < -0.3 is 30.1 Å². The fourth-order valence-electron chi connectivity index (χ4n) is 3.10. The standard InChI is InChI=1S/C21H23NO6/c23-16(11-14-7-3-1-4-8-14)19(22-21(25)26)20(24)18-13-27-12-17(28-18)15-9-5-2-6-10-15/h1-5,7-9,12-13,16,19-20,22-24H,6,10-11H2,(H,25,26)/t16?,19-,20+/m1/s1. The van der Waals surface area contributed by atoms with E-state index in [4.69, 9.17) is 14.6 Å². The van der Waals surface area contributed by atoms with E-state index in [1.165, 1.54) is 12.5 Å². The minimum Gasteiger partial charge on any atom is -0.465 e. The third kappa shape index (κ3) is 5.03. The van der Waals surface area contributed by atoms with E-state index < -0.39 is 24.3 Å². The lowest BCUT2D eigenvalue weighted by Crippen LogP contribution is -2.52. The monoisotopic (exact) mass is 385 g/mol. The molecule has 4 N–H and O–H groups in total. The van der Waals surface area contributed by atoms with Crippen molar-refractivity contribution in [3.8, 4) is 0 Å². The molecule has 3 rings (SSSR count). The van der Waals surface area contributed by atoms with E-state index >= 15 is 0 Å². The molecule has 0 aromatic heterocycles. The molecule has 3 atom stereocenters. The summed E-state index contributed by atoms with van der Waals surface area (Å²) in [7, 11) is 0. The summed E-state index contributed by atoms with van der Waals surface area (Å²) in [6, 6.07) is 7.92. The first-order chi connectivity index (χ1) is 13.5. The number of benzene rings is 1. The lowest BCUT2D eigenvalue weighted by Gasteiger charge is -2.30. The zero-order valence-corrected chi connectivity index (χ0v) is 15.2. The van der Waals surface area contributed by atoms with Gasteiger partial charge in [0.15, 0.2) is 11.5 Å². The van der Waals surface area contributed by atoms with Gasteiger partial charge in [0.25, 0.3) is 0 Å². The molecule has 0 saturated heterocycles. The summed E-state index contributed by atoms with van der Waals surface area (Å²) >= 11 is 0. The molecule has 1 aromatic carbocycles. The normalized spacial score (nSPS) is 19.1. The van der Waals surface area contributed by atoms with Crippen LogP contribution in [-0.2, 0) is 15.9 Å². The predicted molar refractivity (Wildman–Crippen MR) is 102 cm³/mol. The minimum atomic E-state index is -1.43. The molecular formula is C21H23NO6. The smallest absolute Gasteiger partial charge is 0.405 e. The number of aliphatic hydroxyl groups is 2. The van der Waals surface area contributed by atoms with Gasteiger partial charge in [0.2, 0.25) is 0 Å². The van der Waals surface area contributed by atoms with Crippen molar-refractivity contribution in [3.05, 3.63) is 83.7 Å². The number of hydrogen-bond acceptors (Lipinski definition) is 5. The Bertz CT molecular complexity index is 811. The maximum Gasteiger partial charge on any atom is 0.405 e. The molecule has 0 bridgehead atoms. The molecule has 2 aliphatic rings. The minimum absolute atomic E-state index is 0.0267. The number of amides is 1. The van der Waals surface area contributed by atoms with E-state index in [9.17, 15) is 15.0 Å². The summed E-state index contributed by atoms with van der Waals surface area (Å²) in [5, 5.41) is 32.6. The van der Waals surface area contributed by atoms with Crippen LogP contribution in [0.25, 0.3) is 0 Å². The molecule has 148 valence electrons. The molecule has 28 heavy (non-hydrogen) atoms. The van der Waals surface area contributed by atoms with Crippen molar-refractivity contribution in [2.24, 2.45) is 0 Å². The van der Waals surface area contributed by atoms with E-state index in [1.807, 2.05) is 48.6 Å². The average Bonchev–Trinajstić information content (AvgIpc) is 2.73. The zero-order valence-electron chi connectivity index (χ0n) is 15.2. The second-order valence-corrected chi connectivity index (χ2v) is 6.58. The second-order valence-electron chi connectivity index (χ2n) is 6.58. The lowest BCUT2D eigenvalue weighted by molar-refractivity contribution is 0.0248. The van der Waals surface area contributed by atoms with Crippen molar-refractivity contribution in [3.63, 3.8) is 0 Å². The molecule has 0 radical (unpaired) electrons. The maximum absolute atomic E-state index is 11.2. The number of carboxylic acid groups (broad SMARTS) is 1. The van der Waals surface area contributed by atoms with Gasteiger partial charge in [-0.2, -0.15) is 0 Å². The van der Waals surface area contributed by atoms with Gasteiger partial charge in [-0.05, 0) is 24.0 Å². The predicted octanol–water partition coefficient (Wildman–Crippen LogP) is 2.59. The van der Waals surface area contributed by atoms with Crippen molar-refractivity contribution >= 4 is 6.09 Å². The van der Waals surface area contributed by atoms with Crippen LogP contribution in [0.4, 0.5) is 4.79 Å². The Kier molecular flexibility index (Phi) is 6.52. The molecule has 1 heterocycles. The fraction of sp³-hybridized carbons (Fsp3) is 0.286. The van der Waals surface area contributed by atoms with Gasteiger partial charge in [0, 0.05) is 6.42 Å². The molecular weight excluding hydrogens is 362 g/mol. The van der Waals surface area contributed by atoms with Gasteiger partial charge in [0.1, 0.15) is 18.6 Å². The molecule has 1 amide bonds. The molecule has 1 unspecified atom stereocenters. The molecule has 1 aromatic rings. The van der Waals surface area contributed by atoms with Crippen LogP contribution in [0.3, 0.4) is 0 Å². The number of carbonyl (C=O) groups is 1. The topological polar surface area (TPSA) is 108 Å². The number of hydrogen-bond donors (Lipinski definition) is 4. The van der Waals surface area contributed by atoms with Crippen molar-refractivity contribution in [2.45, 2.75) is 37.5 Å².